The third-order valence-electron chi connectivity index (χ3n) is 3.36. The molecular formula is C13H17N5O. The minimum atomic E-state index is 0.198. The van der Waals surface area contributed by atoms with Gasteiger partial charge in [0.15, 0.2) is 5.82 Å². The molecule has 6 heteroatoms. The van der Waals surface area contributed by atoms with E-state index in [2.05, 4.69) is 20.1 Å². The highest BCUT2D eigenvalue weighted by molar-refractivity contribution is 5.57. The molecule has 0 bridgehead atoms. The molecule has 2 aromatic rings. The summed E-state index contributed by atoms with van der Waals surface area (Å²) in [6.45, 7) is 1.74. The maximum absolute atomic E-state index is 9.27. The average Bonchev–Trinajstić information content (AvgIpc) is 2.89. The van der Waals surface area contributed by atoms with Crippen LogP contribution in [0.25, 0.3) is 11.4 Å². The molecule has 0 aliphatic carbocycles. The third kappa shape index (κ3) is 2.53. The van der Waals surface area contributed by atoms with Gasteiger partial charge in [0.2, 0.25) is 5.95 Å². The van der Waals surface area contributed by atoms with Gasteiger partial charge in [-0.3, -0.25) is 5.10 Å². The van der Waals surface area contributed by atoms with Crippen LogP contribution in [0.5, 0.6) is 5.75 Å². The fraction of sp³-hybridized carbons (Fsp3) is 0.385. The predicted octanol–water partition coefficient (Wildman–Crippen LogP) is 1.10. The van der Waals surface area contributed by atoms with Gasteiger partial charge in [-0.15, -0.1) is 5.10 Å². The van der Waals surface area contributed by atoms with Gasteiger partial charge in [-0.1, -0.05) is 0 Å². The van der Waals surface area contributed by atoms with Crippen molar-refractivity contribution in [2.24, 2.45) is 5.73 Å². The van der Waals surface area contributed by atoms with Crippen LogP contribution in [0.15, 0.2) is 24.3 Å². The number of aromatic nitrogens is 3. The van der Waals surface area contributed by atoms with Gasteiger partial charge >= 0.3 is 0 Å². The molecular weight excluding hydrogens is 242 g/mol. The first-order valence-electron chi connectivity index (χ1n) is 6.45. The van der Waals surface area contributed by atoms with Gasteiger partial charge in [0.1, 0.15) is 5.75 Å². The number of H-pyrrole nitrogens is 1. The number of nitrogens with two attached hydrogens (primary N) is 1. The van der Waals surface area contributed by atoms with E-state index in [1.807, 2.05) is 12.1 Å². The van der Waals surface area contributed by atoms with E-state index in [-0.39, 0.29) is 11.8 Å². The van der Waals surface area contributed by atoms with Crippen molar-refractivity contribution in [3.05, 3.63) is 24.3 Å². The second-order valence-corrected chi connectivity index (χ2v) is 4.88. The largest absolute Gasteiger partial charge is 0.508 e. The molecule has 0 saturated carbocycles. The van der Waals surface area contributed by atoms with E-state index in [9.17, 15) is 5.11 Å². The summed E-state index contributed by atoms with van der Waals surface area (Å²) in [7, 11) is 0. The van der Waals surface area contributed by atoms with Crippen LogP contribution >= 0.6 is 0 Å². The van der Waals surface area contributed by atoms with Gasteiger partial charge in [-0.25, -0.2) is 0 Å². The average molecular weight is 259 g/mol. The summed E-state index contributed by atoms with van der Waals surface area (Å²) in [6, 6.07) is 7.08. The SMILES string of the molecule is NC1CCCN(c2n[nH]c(-c3ccc(O)cc3)n2)C1. The molecule has 19 heavy (non-hydrogen) atoms. The number of rotatable bonds is 2. The quantitative estimate of drug-likeness (QED) is 0.751. The molecule has 100 valence electrons. The van der Waals surface area contributed by atoms with Crippen LogP contribution in [0, 0.1) is 0 Å². The highest BCUT2D eigenvalue weighted by Gasteiger charge is 2.20. The van der Waals surface area contributed by atoms with Crippen LogP contribution in [-0.4, -0.2) is 39.4 Å². The van der Waals surface area contributed by atoms with Gasteiger partial charge in [-0.05, 0) is 37.1 Å². The Morgan fingerprint density at radius 1 is 1.32 bits per heavy atom. The first-order chi connectivity index (χ1) is 9.22. The summed E-state index contributed by atoms with van der Waals surface area (Å²) in [5, 5.41) is 16.4. The fourth-order valence-electron chi connectivity index (χ4n) is 2.33. The van der Waals surface area contributed by atoms with Crippen molar-refractivity contribution in [2.45, 2.75) is 18.9 Å². The fourth-order valence-corrected chi connectivity index (χ4v) is 2.33. The van der Waals surface area contributed by atoms with Gasteiger partial charge in [0.25, 0.3) is 0 Å². The number of aromatic hydroxyl groups is 1. The van der Waals surface area contributed by atoms with E-state index in [0.717, 1.165) is 31.5 Å². The third-order valence-corrected chi connectivity index (χ3v) is 3.36. The number of phenols is 1. The minimum Gasteiger partial charge on any atom is -0.508 e. The molecule has 6 nitrogen and oxygen atoms in total. The molecule has 1 saturated heterocycles. The van der Waals surface area contributed by atoms with Gasteiger partial charge in [0.05, 0.1) is 0 Å². The second kappa shape index (κ2) is 4.89. The smallest absolute Gasteiger partial charge is 0.245 e. The highest BCUT2D eigenvalue weighted by Crippen LogP contribution is 2.21. The maximum atomic E-state index is 9.27. The first-order valence-corrected chi connectivity index (χ1v) is 6.45. The normalized spacial score (nSPS) is 19.6. The topological polar surface area (TPSA) is 91.1 Å². The molecule has 2 heterocycles. The number of piperidine rings is 1. The molecule has 4 N–H and O–H groups in total. The van der Waals surface area contributed by atoms with Crippen molar-refractivity contribution in [2.75, 3.05) is 18.0 Å². The van der Waals surface area contributed by atoms with E-state index in [0.29, 0.717) is 11.8 Å². The van der Waals surface area contributed by atoms with Crippen molar-refractivity contribution in [1.29, 1.82) is 0 Å². The lowest BCUT2D eigenvalue weighted by atomic mass is 10.1. The number of aromatic amines is 1. The number of hydrogen-bond acceptors (Lipinski definition) is 5. The van der Waals surface area contributed by atoms with E-state index in [1.165, 1.54) is 0 Å². The Labute approximate surface area is 111 Å². The van der Waals surface area contributed by atoms with Crippen molar-refractivity contribution in [3.8, 4) is 17.1 Å². The van der Waals surface area contributed by atoms with Gasteiger partial charge < -0.3 is 15.7 Å². The van der Waals surface area contributed by atoms with Crippen molar-refractivity contribution < 1.29 is 5.11 Å². The lowest BCUT2D eigenvalue weighted by Gasteiger charge is -2.29. The second-order valence-electron chi connectivity index (χ2n) is 4.88. The van der Waals surface area contributed by atoms with Crippen LogP contribution in [0.2, 0.25) is 0 Å². The van der Waals surface area contributed by atoms with Crippen LogP contribution < -0.4 is 10.6 Å². The zero-order valence-electron chi connectivity index (χ0n) is 10.6. The Hall–Kier alpha value is -2.08. The Morgan fingerprint density at radius 2 is 2.11 bits per heavy atom. The zero-order chi connectivity index (χ0) is 13.2. The summed E-state index contributed by atoms with van der Waals surface area (Å²) in [4.78, 5) is 6.60. The van der Waals surface area contributed by atoms with Crippen LogP contribution in [-0.2, 0) is 0 Å². The molecule has 1 aliphatic heterocycles. The number of phenolic OH excluding ortho intramolecular Hbond substituents is 1. The standard InChI is InChI=1S/C13H17N5O/c14-10-2-1-7-18(8-10)13-15-12(16-17-13)9-3-5-11(19)6-4-9/h3-6,10,19H,1-2,7-8,14H2,(H,15,16,17). The summed E-state index contributed by atoms with van der Waals surface area (Å²) in [5.41, 5.74) is 6.86. The molecule has 0 radical (unpaired) electrons. The summed E-state index contributed by atoms with van der Waals surface area (Å²) < 4.78 is 0. The minimum absolute atomic E-state index is 0.198. The van der Waals surface area contributed by atoms with Crippen LogP contribution in [0.1, 0.15) is 12.8 Å². The molecule has 1 fully saturated rings. The molecule has 1 aliphatic rings. The predicted molar refractivity (Wildman–Crippen MR) is 72.9 cm³/mol. The molecule has 0 amide bonds. The number of anilines is 1. The van der Waals surface area contributed by atoms with Gasteiger partial charge in [0, 0.05) is 24.7 Å². The highest BCUT2D eigenvalue weighted by atomic mass is 16.3. The van der Waals surface area contributed by atoms with Crippen molar-refractivity contribution in [1.82, 2.24) is 15.2 Å². The van der Waals surface area contributed by atoms with Crippen molar-refractivity contribution >= 4 is 5.95 Å². The monoisotopic (exact) mass is 259 g/mol. The lowest BCUT2D eigenvalue weighted by molar-refractivity contribution is 0.475. The molecule has 1 unspecified atom stereocenters. The van der Waals surface area contributed by atoms with Gasteiger partial charge in [-0.2, -0.15) is 4.98 Å². The molecule has 0 spiro atoms. The first kappa shape index (κ1) is 12.0. The molecule has 1 aromatic heterocycles. The Morgan fingerprint density at radius 3 is 2.84 bits per heavy atom. The molecule has 1 aromatic carbocycles. The maximum Gasteiger partial charge on any atom is 0.245 e. The van der Waals surface area contributed by atoms with Crippen LogP contribution in [0.3, 0.4) is 0 Å². The van der Waals surface area contributed by atoms with Crippen molar-refractivity contribution in [3.63, 3.8) is 0 Å². The zero-order valence-corrected chi connectivity index (χ0v) is 10.6. The Kier molecular flexibility index (Phi) is 3.08. The summed E-state index contributed by atoms with van der Waals surface area (Å²) >= 11 is 0. The number of nitrogens with zero attached hydrogens (tertiary/aromatic N) is 3. The van der Waals surface area contributed by atoms with Crippen LogP contribution in [0.4, 0.5) is 5.95 Å². The van der Waals surface area contributed by atoms with E-state index in [1.54, 1.807) is 12.1 Å². The van der Waals surface area contributed by atoms with E-state index in [4.69, 9.17) is 5.73 Å². The van der Waals surface area contributed by atoms with E-state index >= 15 is 0 Å². The van der Waals surface area contributed by atoms with E-state index < -0.39 is 0 Å². The molecule has 1 atom stereocenters. The number of hydrogen-bond donors (Lipinski definition) is 3. The summed E-state index contributed by atoms with van der Waals surface area (Å²) in [5.74, 6) is 1.64. The summed E-state index contributed by atoms with van der Waals surface area (Å²) in [6.07, 6.45) is 2.13. The number of benzene rings is 1. The Bertz CT molecular complexity index is 550. The lowest BCUT2D eigenvalue weighted by Crippen LogP contribution is -2.43. The number of nitrogens with one attached hydrogen (secondary N) is 1. The Balaban J connectivity index is 1.81. The molecule has 3 rings (SSSR count).